The first-order valence-corrected chi connectivity index (χ1v) is 10.2. The number of rotatable bonds is 6. The summed E-state index contributed by atoms with van der Waals surface area (Å²) in [5.74, 6) is 0.650. The molecule has 152 valence electrons. The third-order valence-electron chi connectivity index (χ3n) is 5.37. The molecule has 0 aliphatic rings. The number of amides is 1. The lowest BCUT2D eigenvalue weighted by Gasteiger charge is -2.23. The second kappa shape index (κ2) is 8.81. The Labute approximate surface area is 170 Å². The van der Waals surface area contributed by atoms with Gasteiger partial charge in [-0.2, -0.15) is 0 Å². The Morgan fingerprint density at radius 1 is 1.00 bits per heavy atom. The van der Waals surface area contributed by atoms with Crippen molar-refractivity contribution in [2.75, 3.05) is 0 Å². The zero-order valence-corrected chi connectivity index (χ0v) is 18.6. The lowest BCUT2D eigenvalue weighted by atomic mass is 9.87. The number of hydrogen-bond donors (Lipinski definition) is 1. The highest BCUT2D eigenvalue weighted by Crippen LogP contribution is 2.25. The predicted molar refractivity (Wildman–Crippen MR) is 117 cm³/mol. The number of carbonyl (C=O) groups is 1. The summed E-state index contributed by atoms with van der Waals surface area (Å²) in [5.41, 5.74) is 6.20. The van der Waals surface area contributed by atoms with Gasteiger partial charge in [-0.15, -0.1) is 0 Å². The van der Waals surface area contributed by atoms with E-state index in [-0.39, 0.29) is 17.4 Å². The maximum atomic E-state index is 12.8. The predicted octanol–water partition coefficient (Wildman–Crippen LogP) is 5.94. The largest absolute Gasteiger partial charge is 0.481 e. The molecule has 28 heavy (non-hydrogen) atoms. The van der Waals surface area contributed by atoms with Crippen molar-refractivity contribution >= 4 is 5.91 Å². The van der Waals surface area contributed by atoms with Crippen LogP contribution >= 0.6 is 0 Å². The molecule has 0 radical (unpaired) electrons. The molecule has 2 atom stereocenters. The summed E-state index contributed by atoms with van der Waals surface area (Å²) in [6, 6.07) is 12.3. The molecule has 0 aliphatic carbocycles. The average molecular weight is 382 g/mol. The van der Waals surface area contributed by atoms with Crippen molar-refractivity contribution in [2.24, 2.45) is 0 Å². The molecule has 0 aliphatic heterocycles. The zero-order chi connectivity index (χ0) is 21.1. The molecule has 3 nitrogen and oxygen atoms in total. The Kier molecular flexibility index (Phi) is 6.92. The van der Waals surface area contributed by atoms with Crippen LogP contribution in [0.25, 0.3) is 0 Å². The van der Waals surface area contributed by atoms with Gasteiger partial charge in [0.15, 0.2) is 6.10 Å². The molecular weight excluding hydrogens is 346 g/mol. The van der Waals surface area contributed by atoms with Gasteiger partial charge >= 0.3 is 0 Å². The lowest BCUT2D eigenvalue weighted by Crippen LogP contribution is -2.39. The molecule has 0 bridgehead atoms. The molecule has 0 saturated heterocycles. The van der Waals surface area contributed by atoms with Gasteiger partial charge in [0.05, 0.1) is 6.04 Å². The second-order valence-corrected chi connectivity index (χ2v) is 8.81. The first-order valence-electron chi connectivity index (χ1n) is 10.2. The number of aryl methyl sites for hydroxylation is 3. The van der Waals surface area contributed by atoms with E-state index in [0.29, 0.717) is 6.42 Å². The van der Waals surface area contributed by atoms with Gasteiger partial charge < -0.3 is 10.1 Å². The monoisotopic (exact) mass is 381 g/mol. The number of benzene rings is 2. The highest BCUT2D eigenvalue weighted by atomic mass is 16.5. The van der Waals surface area contributed by atoms with Crippen molar-refractivity contribution in [1.82, 2.24) is 5.32 Å². The van der Waals surface area contributed by atoms with Crippen LogP contribution in [0.5, 0.6) is 5.75 Å². The van der Waals surface area contributed by atoms with E-state index in [4.69, 9.17) is 4.74 Å². The Hall–Kier alpha value is -2.29. The lowest BCUT2D eigenvalue weighted by molar-refractivity contribution is -0.128. The minimum atomic E-state index is -0.505. The fourth-order valence-electron chi connectivity index (χ4n) is 3.35. The smallest absolute Gasteiger partial charge is 0.261 e. The zero-order valence-electron chi connectivity index (χ0n) is 18.6. The van der Waals surface area contributed by atoms with Crippen molar-refractivity contribution in [2.45, 2.75) is 79.4 Å². The molecule has 0 fully saturated rings. The standard InChI is InChI=1S/C25H35NO2/c1-9-23(28-21-12-10-20(11-13-21)25(6,7)8)24(27)26-19(5)22-15-17(3)16(2)14-18(22)4/h10-15,19,23H,9H2,1-8H3,(H,26,27)/t19-,23+/m0/s1. The van der Waals surface area contributed by atoms with Gasteiger partial charge in [-0.1, -0.05) is 52.0 Å². The summed E-state index contributed by atoms with van der Waals surface area (Å²) in [6.45, 7) is 16.9. The molecule has 0 unspecified atom stereocenters. The van der Waals surface area contributed by atoms with Crippen LogP contribution < -0.4 is 10.1 Å². The average Bonchev–Trinajstić information content (AvgIpc) is 2.62. The van der Waals surface area contributed by atoms with E-state index < -0.39 is 6.10 Å². The maximum Gasteiger partial charge on any atom is 0.261 e. The van der Waals surface area contributed by atoms with Crippen molar-refractivity contribution in [3.8, 4) is 5.75 Å². The van der Waals surface area contributed by atoms with E-state index in [2.05, 4.69) is 71.1 Å². The SMILES string of the molecule is CC[C@@H](Oc1ccc(C(C)(C)C)cc1)C(=O)N[C@@H](C)c1cc(C)c(C)cc1C. The molecule has 1 amide bonds. The second-order valence-electron chi connectivity index (χ2n) is 8.81. The highest BCUT2D eigenvalue weighted by Gasteiger charge is 2.22. The van der Waals surface area contributed by atoms with Crippen molar-refractivity contribution < 1.29 is 9.53 Å². The summed E-state index contributed by atoms with van der Waals surface area (Å²) in [4.78, 5) is 12.8. The van der Waals surface area contributed by atoms with Crippen molar-refractivity contribution in [3.63, 3.8) is 0 Å². The van der Waals surface area contributed by atoms with Crippen molar-refractivity contribution in [1.29, 1.82) is 0 Å². The Morgan fingerprint density at radius 2 is 1.57 bits per heavy atom. The number of carbonyl (C=O) groups excluding carboxylic acids is 1. The minimum Gasteiger partial charge on any atom is -0.481 e. The van der Waals surface area contributed by atoms with E-state index in [1.165, 1.54) is 22.3 Å². The fourth-order valence-corrected chi connectivity index (χ4v) is 3.35. The van der Waals surface area contributed by atoms with Crippen LogP contribution in [0.15, 0.2) is 36.4 Å². The molecule has 2 aromatic carbocycles. The Balaban J connectivity index is 2.08. The summed E-state index contributed by atoms with van der Waals surface area (Å²) < 4.78 is 5.99. The molecular formula is C25H35NO2. The molecule has 0 aromatic heterocycles. The van der Waals surface area contributed by atoms with Crippen LogP contribution in [0.2, 0.25) is 0 Å². The van der Waals surface area contributed by atoms with Gasteiger partial charge in [0, 0.05) is 0 Å². The van der Waals surface area contributed by atoms with Crippen LogP contribution in [0.1, 0.15) is 74.9 Å². The first kappa shape index (κ1) is 22.0. The minimum absolute atomic E-state index is 0.0623. The molecule has 0 heterocycles. The van der Waals surface area contributed by atoms with Gasteiger partial charge in [0.2, 0.25) is 0 Å². The van der Waals surface area contributed by atoms with Crippen LogP contribution in [0, 0.1) is 20.8 Å². The van der Waals surface area contributed by atoms with Crippen LogP contribution in [0.3, 0.4) is 0 Å². The summed E-state index contributed by atoms with van der Waals surface area (Å²) >= 11 is 0. The quantitative estimate of drug-likeness (QED) is 0.672. The van der Waals surface area contributed by atoms with E-state index >= 15 is 0 Å². The van der Waals surface area contributed by atoms with Crippen molar-refractivity contribution in [3.05, 3.63) is 64.2 Å². The summed E-state index contributed by atoms with van der Waals surface area (Å²) in [5, 5.41) is 3.13. The van der Waals surface area contributed by atoms with E-state index in [1.807, 2.05) is 26.0 Å². The van der Waals surface area contributed by atoms with Gasteiger partial charge in [0.25, 0.3) is 5.91 Å². The summed E-state index contributed by atoms with van der Waals surface area (Å²) in [6.07, 6.45) is 0.112. The molecule has 0 spiro atoms. The Morgan fingerprint density at radius 3 is 2.11 bits per heavy atom. The van der Waals surface area contributed by atoms with Gasteiger partial charge in [-0.05, 0) is 79.5 Å². The van der Waals surface area contributed by atoms with E-state index in [0.717, 1.165) is 11.3 Å². The summed E-state index contributed by atoms with van der Waals surface area (Å²) in [7, 11) is 0. The van der Waals surface area contributed by atoms with Gasteiger partial charge in [0.1, 0.15) is 5.75 Å². The molecule has 3 heteroatoms. The molecule has 1 N–H and O–H groups in total. The third-order valence-corrected chi connectivity index (χ3v) is 5.37. The number of ether oxygens (including phenoxy) is 1. The first-order chi connectivity index (χ1) is 13.0. The van der Waals surface area contributed by atoms with Crippen LogP contribution in [-0.2, 0) is 10.2 Å². The molecule has 2 rings (SSSR count). The Bertz CT molecular complexity index is 816. The topological polar surface area (TPSA) is 38.3 Å². The number of nitrogens with one attached hydrogen (secondary N) is 1. The molecule has 0 saturated carbocycles. The van der Waals surface area contributed by atoms with Crippen LogP contribution in [0.4, 0.5) is 0 Å². The van der Waals surface area contributed by atoms with E-state index in [9.17, 15) is 4.79 Å². The number of hydrogen-bond acceptors (Lipinski definition) is 2. The van der Waals surface area contributed by atoms with E-state index in [1.54, 1.807) is 0 Å². The molecule has 2 aromatic rings. The normalized spacial score (nSPS) is 13.7. The van der Waals surface area contributed by atoms with Gasteiger partial charge in [-0.25, -0.2) is 0 Å². The van der Waals surface area contributed by atoms with Gasteiger partial charge in [-0.3, -0.25) is 4.79 Å². The fraction of sp³-hybridized carbons (Fsp3) is 0.480. The highest BCUT2D eigenvalue weighted by molar-refractivity contribution is 5.81. The van der Waals surface area contributed by atoms with Crippen LogP contribution in [-0.4, -0.2) is 12.0 Å². The third kappa shape index (κ3) is 5.37. The maximum absolute atomic E-state index is 12.8.